The van der Waals surface area contributed by atoms with Gasteiger partial charge >= 0.3 is 0 Å². The Morgan fingerprint density at radius 3 is 2.19 bits per heavy atom. The van der Waals surface area contributed by atoms with Crippen LogP contribution in [0.15, 0.2) is 0 Å². The highest BCUT2D eigenvalue weighted by Crippen LogP contribution is 2.08. The van der Waals surface area contributed by atoms with E-state index in [1.165, 1.54) is 0 Å². The quantitative estimate of drug-likeness (QED) is 0.291. The molecule has 2 atom stereocenters. The molecule has 0 aromatic rings. The average Bonchev–Trinajstić information content (AvgIpc) is 2.68. The molecule has 0 rings (SSSR count). The van der Waals surface area contributed by atoms with Crippen LogP contribution in [0.4, 0.5) is 0 Å². The van der Waals surface area contributed by atoms with Gasteiger partial charge in [0.1, 0.15) is 6.04 Å². The zero-order valence-electron chi connectivity index (χ0n) is 17.0. The second-order valence-electron chi connectivity index (χ2n) is 6.61. The van der Waals surface area contributed by atoms with Gasteiger partial charge in [0, 0.05) is 45.6 Å². The van der Waals surface area contributed by atoms with Gasteiger partial charge in [0.2, 0.25) is 17.7 Å². The Bertz CT molecular complexity index is 432. The van der Waals surface area contributed by atoms with Crippen LogP contribution in [-0.4, -0.2) is 62.3 Å². The molecule has 0 aromatic carbocycles. The summed E-state index contributed by atoms with van der Waals surface area (Å²) in [6.45, 7) is 5.16. The van der Waals surface area contributed by atoms with Gasteiger partial charge in [-0.2, -0.15) is 0 Å². The first kappa shape index (κ1) is 25.3. The van der Waals surface area contributed by atoms with E-state index >= 15 is 0 Å². The van der Waals surface area contributed by atoms with Crippen molar-refractivity contribution < 1.29 is 24.2 Å². The minimum absolute atomic E-state index is 0.0248. The molecule has 3 amide bonds. The first-order chi connectivity index (χ1) is 13.0. The molecule has 0 saturated heterocycles. The zero-order valence-corrected chi connectivity index (χ0v) is 17.0. The number of aliphatic hydroxyl groups is 1. The van der Waals surface area contributed by atoms with Crippen molar-refractivity contribution in [3.8, 4) is 0 Å². The highest BCUT2D eigenvalue weighted by atomic mass is 16.5. The number of hydrogen-bond donors (Lipinski definition) is 4. The topological polar surface area (TPSA) is 117 Å². The summed E-state index contributed by atoms with van der Waals surface area (Å²) in [7, 11) is 1.61. The fraction of sp³-hybridized carbons (Fsp3) is 0.842. The van der Waals surface area contributed by atoms with Gasteiger partial charge in [-0.25, -0.2) is 0 Å². The third-order valence-corrected chi connectivity index (χ3v) is 4.28. The van der Waals surface area contributed by atoms with Gasteiger partial charge in [-0.15, -0.1) is 0 Å². The number of methoxy groups -OCH3 is 1. The standard InChI is InChI=1S/C19H37N3O5/c1-4-17(24)20-12-8-10-16(22-18(25)5-2)19(26)21-11-7-6-9-15(13-23)14-27-3/h15-16,23H,4-14H2,1-3H3,(H,20,24)(H,21,26)(H,22,25)/t15?,16-/m0/s1. The summed E-state index contributed by atoms with van der Waals surface area (Å²) in [6, 6.07) is -0.588. The molecule has 4 N–H and O–H groups in total. The number of carbonyl (C=O) groups excluding carboxylic acids is 3. The van der Waals surface area contributed by atoms with E-state index in [9.17, 15) is 19.5 Å². The van der Waals surface area contributed by atoms with E-state index in [2.05, 4.69) is 16.0 Å². The van der Waals surface area contributed by atoms with Crippen LogP contribution in [0.2, 0.25) is 0 Å². The van der Waals surface area contributed by atoms with Crippen molar-refractivity contribution in [2.24, 2.45) is 5.92 Å². The predicted octanol–water partition coefficient (Wildman–Crippen LogP) is 0.729. The highest BCUT2D eigenvalue weighted by molar-refractivity contribution is 5.87. The Hall–Kier alpha value is -1.67. The molecular formula is C19H37N3O5. The first-order valence-corrected chi connectivity index (χ1v) is 9.91. The summed E-state index contributed by atoms with van der Waals surface area (Å²) in [5, 5.41) is 17.6. The summed E-state index contributed by atoms with van der Waals surface area (Å²) in [5.74, 6) is -0.267. The smallest absolute Gasteiger partial charge is 0.242 e. The molecule has 0 aliphatic rings. The van der Waals surface area contributed by atoms with Gasteiger partial charge in [0.25, 0.3) is 0 Å². The zero-order chi connectivity index (χ0) is 20.5. The van der Waals surface area contributed by atoms with E-state index in [0.717, 1.165) is 19.3 Å². The fourth-order valence-corrected chi connectivity index (χ4v) is 2.58. The van der Waals surface area contributed by atoms with Crippen molar-refractivity contribution in [1.82, 2.24) is 16.0 Å². The number of aliphatic hydroxyl groups excluding tert-OH is 1. The molecule has 0 aliphatic heterocycles. The fourth-order valence-electron chi connectivity index (χ4n) is 2.58. The largest absolute Gasteiger partial charge is 0.396 e. The maximum Gasteiger partial charge on any atom is 0.242 e. The SMILES string of the molecule is CCC(=O)NCCC[C@H](NC(=O)CC)C(=O)NCCCCC(CO)COC. The molecule has 158 valence electrons. The lowest BCUT2D eigenvalue weighted by Gasteiger charge is -2.18. The molecule has 0 bridgehead atoms. The monoisotopic (exact) mass is 387 g/mol. The molecule has 8 nitrogen and oxygen atoms in total. The Kier molecular flexibility index (Phi) is 15.5. The van der Waals surface area contributed by atoms with Crippen LogP contribution in [0, 0.1) is 5.92 Å². The molecule has 0 saturated carbocycles. The van der Waals surface area contributed by atoms with E-state index in [-0.39, 0.29) is 30.2 Å². The maximum atomic E-state index is 12.4. The Morgan fingerprint density at radius 1 is 0.926 bits per heavy atom. The van der Waals surface area contributed by atoms with Gasteiger partial charge in [-0.1, -0.05) is 20.3 Å². The number of ether oxygens (including phenoxy) is 1. The first-order valence-electron chi connectivity index (χ1n) is 9.91. The maximum absolute atomic E-state index is 12.4. The number of unbranched alkanes of at least 4 members (excludes halogenated alkanes) is 1. The average molecular weight is 388 g/mol. The van der Waals surface area contributed by atoms with Crippen LogP contribution in [0.5, 0.6) is 0 Å². The summed E-state index contributed by atoms with van der Waals surface area (Å²) in [6.07, 6.45) is 4.35. The van der Waals surface area contributed by atoms with Crippen LogP contribution < -0.4 is 16.0 Å². The number of amides is 3. The van der Waals surface area contributed by atoms with Crippen molar-refractivity contribution >= 4 is 17.7 Å². The highest BCUT2D eigenvalue weighted by Gasteiger charge is 2.19. The number of hydrogen-bond acceptors (Lipinski definition) is 5. The van der Waals surface area contributed by atoms with Gasteiger partial charge in [-0.05, 0) is 25.7 Å². The molecular weight excluding hydrogens is 350 g/mol. The summed E-state index contributed by atoms with van der Waals surface area (Å²) in [5.41, 5.74) is 0. The number of nitrogens with one attached hydrogen (secondary N) is 3. The van der Waals surface area contributed by atoms with Gasteiger partial charge < -0.3 is 25.8 Å². The molecule has 8 heteroatoms. The molecule has 27 heavy (non-hydrogen) atoms. The molecule has 0 aliphatic carbocycles. The molecule has 0 heterocycles. The third kappa shape index (κ3) is 13.2. The molecule has 0 fully saturated rings. The second kappa shape index (κ2) is 16.5. The van der Waals surface area contributed by atoms with Crippen LogP contribution in [0.3, 0.4) is 0 Å². The Morgan fingerprint density at radius 2 is 1.59 bits per heavy atom. The van der Waals surface area contributed by atoms with E-state index in [1.54, 1.807) is 21.0 Å². The second-order valence-corrected chi connectivity index (χ2v) is 6.61. The van der Waals surface area contributed by atoms with Crippen LogP contribution >= 0.6 is 0 Å². The van der Waals surface area contributed by atoms with Crippen molar-refractivity contribution in [3.63, 3.8) is 0 Å². The lowest BCUT2D eigenvalue weighted by atomic mass is 10.0. The molecule has 0 aromatic heterocycles. The van der Waals surface area contributed by atoms with E-state index in [0.29, 0.717) is 45.4 Å². The Labute approximate surface area is 162 Å². The normalized spacial score (nSPS) is 12.9. The van der Waals surface area contributed by atoms with Crippen molar-refractivity contribution in [2.45, 2.75) is 64.8 Å². The minimum Gasteiger partial charge on any atom is -0.396 e. The van der Waals surface area contributed by atoms with Crippen molar-refractivity contribution in [2.75, 3.05) is 33.4 Å². The summed E-state index contributed by atoms with van der Waals surface area (Å²) in [4.78, 5) is 35.3. The van der Waals surface area contributed by atoms with E-state index in [4.69, 9.17) is 4.74 Å². The molecule has 0 radical (unpaired) electrons. The Balaban J connectivity index is 4.21. The van der Waals surface area contributed by atoms with Gasteiger partial charge in [0.15, 0.2) is 0 Å². The summed E-state index contributed by atoms with van der Waals surface area (Å²) < 4.78 is 5.04. The van der Waals surface area contributed by atoms with Crippen LogP contribution in [-0.2, 0) is 19.1 Å². The van der Waals surface area contributed by atoms with Crippen molar-refractivity contribution in [1.29, 1.82) is 0 Å². The number of rotatable bonds is 16. The minimum atomic E-state index is -0.588. The van der Waals surface area contributed by atoms with E-state index < -0.39 is 6.04 Å². The summed E-state index contributed by atoms with van der Waals surface area (Å²) >= 11 is 0. The lowest BCUT2D eigenvalue weighted by Crippen LogP contribution is -2.47. The van der Waals surface area contributed by atoms with E-state index in [1.807, 2.05) is 0 Å². The van der Waals surface area contributed by atoms with Gasteiger partial charge in [0.05, 0.1) is 6.61 Å². The van der Waals surface area contributed by atoms with Crippen molar-refractivity contribution in [3.05, 3.63) is 0 Å². The lowest BCUT2D eigenvalue weighted by molar-refractivity contribution is -0.129. The van der Waals surface area contributed by atoms with Gasteiger partial charge in [-0.3, -0.25) is 14.4 Å². The number of carbonyl (C=O) groups is 3. The molecule has 1 unspecified atom stereocenters. The van der Waals surface area contributed by atoms with Crippen LogP contribution in [0.25, 0.3) is 0 Å². The third-order valence-electron chi connectivity index (χ3n) is 4.28. The van der Waals surface area contributed by atoms with Crippen LogP contribution in [0.1, 0.15) is 58.8 Å². The molecule has 0 spiro atoms. The predicted molar refractivity (Wildman–Crippen MR) is 104 cm³/mol.